The zero-order chi connectivity index (χ0) is 29.2. The van der Waals surface area contributed by atoms with Crippen molar-refractivity contribution in [1.29, 1.82) is 0 Å². The lowest BCUT2D eigenvalue weighted by molar-refractivity contribution is -0.158. The Morgan fingerprint density at radius 3 is 1.56 bits per heavy atom. The highest BCUT2D eigenvalue weighted by Crippen LogP contribution is 2.26. The first-order valence-electron chi connectivity index (χ1n) is 15.9. The molecule has 0 aliphatic rings. The predicted octanol–water partition coefficient (Wildman–Crippen LogP) is 7.85. The summed E-state index contributed by atoms with van der Waals surface area (Å²) in [5.41, 5.74) is -0.537. The molecule has 0 aliphatic carbocycles. The normalized spacial score (nSPS) is 13.1. The molecule has 0 spiro atoms. The smallest absolute Gasteiger partial charge is 0.462 e. The summed E-state index contributed by atoms with van der Waals surface area (Å²) >= 11 is 0. The summed E-state index contributed by atoms with van der Waals surface area (Å²) < 4.78 is 27.0. The van der Waals surface area contributed by atoms with E-state index in [0.29, 0.717) is 19.1 Å². The molecule has 1 N–H and O–H groups in total. The van der Waals surface area contributed by atoms with Crippen molar-refractivity contribution in [3.63, 3.8) is 0 Å². The Morgan fingerprint density at radius 1 is 0.692 bits per heavy atom. The second-order valence-corrected chi connectivity index (χ2v) is 14.8. The average molecular weight is 577 g/mol. The van der Waals surface area contributed by atoms with Crippen LogP contribution in [-0.2, 0) is 27.5 Å². The first kappa shape index (κ1) is 38.5. The van der Waals surface area contributed by atoms with E-state index in [4.69, 9.17) is 22.8 Å². The molecule has 0 bridgehead atoms. The van der Waals surface area contributed by atoms with Gasteiger partial charge in [0.05, 0.1) is 12.0 Å². The van der Waals surface area contributed by atoms with Crippen molar-refractivity contribution in [2.24, 2.45) is 5.41 Å². The second-order valence-electron chi connectivity index (χ2n) is 11.7. The van der Waals surface area contributed by atoms with Gasteiger partial charge in [0.1, 0.15) is 12.7 Å². The number of esters is 1. The molecule has 0 heterocycles. The highest BCUT2D eigenvalue weighted by molar-refractivity contribution is 6.60. The summed E-state index contributed by atoms with van der Waals surface area (Å²) in [6.07, 6.45) is 22.1. The van der Waals surface area contributed by atoms with Gasteiger partial charge >= 0.3 is 14.8 Å². The summed E-state index contributed by atoms with van der Waals surface area (Å²) in [6.45, 7) is 6.66. The van der Waals surface area contributed by atoms with Crippen LogP contribution in [0.15, 0.2) is 0 Å². The van der Waals surface area contributed by atoms with E-state index in [9.17, 15) is 9.90 Å². The summed E-state index contributed by atoms with van der Waals surface area (Å²) in [5, 5.41) is 10.1. The molecule has 8 heteroatoms. The molecule has 0 saturated carbocycles. The monoisotopic (exact) mass is 576 g/mol. The van der Waals surface area contributed by atoms with Crippen molar-refractivity contribution in [3.05, 3.63) is 0 Å². The van der Waals surface area contributed by atoms with Gasteiger partial charge in [-0.3, -0.25) is 4.79 Å². The Kier molecular flexibility index (Phi) is 24.9. The number of aliphatic hydroxyl groups is 1. The number of hydrogen-bond donors (Lipinski definition) is 1. The molecule has 7 nitrogen and oxygen atoms in total. The molecule has 0 aliphatic heterocycles. The molecular formula is C31H64O7Si. The van der Waals surface area contributed by atoms with Gasteiger partial charge in [0.2, 0.25) is 0 Å². The minimum Gasteiger partial charge on any atom is -0.462 e. The van der Waals surface area contributed by atoms with Crippen molar-refractivity contribution in [2.45, 2.75) is 148 Å². The molecule has 0 amide bonds. The first-order valence-corrected chi connectivity index (χ1v) is 17.8. The molecule has 0 saturated heterocycles. The SMILES string of the molecule is CCCCCCCCCCCCCCCCCCC(C)(C)C(=O)OCC(O)COCCC[Si](OC)(OC)OC. The maximum Gasteiger partial charge on any atom is 0.500 e. The van der Waals surface area contributed by atoms with E-state index < -0.39 is 20.3 Å². The van der Waals surface area contributed by atoms with Crippen LogP contribution in [0, 0.1) is 5.41 Å². The number of ether oxygens (including phenoxy) is 2. The van der Waals surface area contributed by atoms with E-state index in [1.807, 2.05) is 13.8 Å². The van der Waals surface area contributed by atoms with Crippen LogP contribution in [0.2, 0.25) is 6.04 Å². The third-order valence-electron chi connectivity index (χ3n) is 7.63. The van der Waals surface area contributed by atoms with Gasteiger partial charge in [0.15, 0.2) is 0 Å². The van der Waals surface area contributed by atoms with E-state index in [1.165, 1.54) is 89.9 Å². The van der Waals surface area contributed by atoms with E-state index in [1.54, 1.807) is 21.3 Å². The maximum atomic E-state index is 12.5. The van der Waals surface area contributed by atoms with Crippen molar-refractivity contribution >= 4 is 14.8 Å². The quantitative estimate of drug-likeness (QED) is 0.0551. The largest absolute Gasteiger partial charge is 0.500 e. The molecule has 39 heavy (non-hydrogen) atoms. The molecule has 0 radical (unpaired) electrons. The van der Waals surface area contributed by atoms with Crippen molar-refractivity contribution in [3.8, 4) is 0 Å². The topological polar surface area (TPSA) is 83.5 Å². The standard InChI is InChI=1S/C31H64O7Si/c1-7-8-9-10-11-12-13-14-15-16-17-18-19-20-21-22-24-31(2,3)30(33)38-28-29(32)27-37-25-23-26-39(34-4,35-5)36-6/h29,32H,7-28H2,1-6H3. The number of unbranched alkanes of at least 4 members (excludes halogenated alkanes) is 15. The lowest BCUT2D eigenvalue weighted by Gasteiger charge is -2.24. The van der Waals surface area contributed by atoms with Crippen LogP contribution in [0.3, 0.4) is 0 Å². The van der Waals surface area contributed by atoms with Crippen molar-refractivity contribution in [2.75, 3.05) is 41.2 Å². The van der Waals surface area contributed by atoms with E-state index in [-0.39, 0.29) is 19.2 Å². The maximum absolute atomic E-state index is 12.5. The molecule has 1 atom stereocenters. The molecule has 0 aromatic carbocycles. The average Bonchev–Trinajstić information content (AvgIpc) is 2.93. The van der Waals surface area contributed by atoms with Crippen LogP contribution >= 0.6 is 0 Å². The fourth-order valence-electron chi connectivity index (χ4n) is 4.80. The number of rotatable bonds is 29. The predicted molar refractivity (Wildman–Crippen MR) is 162 cm³/mol. The Morgan fingerprint density at radius 2 is 1.13 bits per heavy atom. The van der Waals surface area contributed by atoms with Crippen molar-refractivity contribution < 1.29 is 32.7 Å². The number of hydrogen-bond acceptors (Lipinski definition) is 7. The Labute approximate surface area is 242 Å². The zero-order valence-corrected chi connectivity index (χ0v) is 27.5. The van der Waals surface area contributed by atoms with Gasteiger partial charge in [-0.25, -0.2) is 0 Å². The second kappa shape index (κ2) is 25.2. The summed E-state index contributed by atoms with van der Waals surface area (Å²) in [7, 11) is 2.16. The van der Waals surface area contributed by atoms with Gasteiger partial charge in [0, 0.05) is 34.0 Å². The first-order chi connectivity index (χ1) is 18.8. The molecule has 234 valence electrons. The molecule has 0 aromatic heterocycles. The summed E-state index contributed by atoms with van der Waals surface area (Å²) in [6, 6.07) is 0.634. The van der Waals surface area contributed by atoms with Gasteiger partial charge in [-0.05, 0) is 26.7 Å². The van der Waals surface area contributed by atoms with E-state index >= 15 is 0 Å². The van der Waals surface area contributed by atoms with Crippen LogP contribution in [-0.4, -0.2) is 67.1 Å². The van der Waals surface area contributed by atoms with E-state index in [2.05, 4.69) is 6.92 Å². The van der Waals surface area contributed by atoms with Gasteiger partial charge in [-0.2, -0.15) is 0 Å². The lowest BCUT2D eigenvalue weighted by Crippen LogP contribution is -2.42. The van der Waals surface area contributed by atoms with Crippen LogP contribution in [0.1, 0.15) is 136 Å². The molecular weight excluding hydrogens is 512 g/mol. The van der Waals surface area contributed by atoms with Gasteiger partial charge in [-0.15, -0.1) is 0 Å². The van der Waals surface area contributed by atoms with Crippen molar-refractivity contribution in [1.82, 2.24) is 0 Å². The number of aliphatic hydroxyl groups excluding tert-OH is 1. The van der Waals surface area contributed by atoms with Crippen LogP contribution in [0.25, 0.3) is 0 Å². The Hall–Kier alpha value is -0.513. The molecule has 0 fully saturated rings. The Balaban J connectivity index is 3.69. The minimum atomic E-state index is -2.59. The summed E-state index contributed by atoms with van der Waals surface area (Å²) in [5.74, 6) is -0.251. The summed E-state index contributed by atoms with van der Waals surface area (Å²) in [4.78, 5) is 12.5. The number of carbonyl (C=O) groups excluding carboxylic acids is 1. The fraction of sp³-hybridized carbons (Fsp3) is 0.968. The minimum absolute atomic E-state index is 0.0475. The number of carbonyl (C=O) groups is 1. The highest BCUT2D eigenvalue weighted by Gasteiger charge is 2.36. The van der Waals surface area contributed by atoms with E-state index in [0.717, 1.165) is 19.3 Å². The van der Waals surface area contributed by atoms with Crippen LogP contribution < -0.4 is 0 Å². The third-order valence-corrected chi connectivity index (χ3v) is 10.5. The van der Waals surface area contributed by atoms with Crippen LogP contribution in [0.5, 0.6) is 0 Å². The molecule has 0 rings (SSSR count). The zero-order valence-electron chi connectivity index (χ0n) is 26.5. The Bertz CT molecular complexity index is 547. The molecule has 0 aromatic rings. The van der Waals surface area contributed by atoms with Crippen LogP contribution in [0.4, 0.5) is 0 Å². The molecule has 1 unspecified atom stereocenters. The highest BCUT2D eigenvalue weighted by atomic mass is 28.4. The van der Waals surface area contributed by atoms with Gasteiger partial charge in [0.25, 0.3) is 0 Å². The lowest BCUT2D eigenvalue weighted by atomic mass is 9.87. The van der Waals surface area contributed by atoms with Gasteiger partial charge in [-0.1, -0.05) is 110 Å². The van der Waals surface area contributed by atoms with Gasteiger partial charge < -0.3 is 27.9 Å². The fourth-order valence-corrected chi connectivity index (χ4v) is 6.49. The third kappa shape index (κ3) is 20.9.